The van der Waals surface area contributed by atoms with Crippen LogP contribution < -0.4 is 10.6 Å². The number of fused-ring (bicyclic) bond motifs is 1. The van der Waals surface area contributed by atoms with Gasteiger partial charge in [0.15, 0.2) is 0 Å². The second-order valence-electron chi connectivity index (χ2n) is 6.97. The van der Waals surface area contributed by atoms with E-state index in [0.717, 1.165) is 0 Å². The Balaban J connectivity index is 1.79. The smallest absolute Gasteiger partial charge is 0.308 e. The first kappa shape index (κ1) is 17.6. The molecular formula is C19H18FN3O3. The lowest BCUT2D eigenvalue weighted by atomic mass is 10.1. The number of benzene rings is 2. The average molecular weight is 355 g/mol. The topological polar surface area (TPSA) is 78.5 Å². The second kappa shape index (κ2) is 6.25. The Labute approximate surface area is 150 Å². The molecule has 0 fully saturated rings. The number of amides is 4. The molecule has 1 aliphatic rings. The van der Waals surface area contributed by atoms with Crippen molar-refractivity contribution in [1.29, 1.82) is 0 Å². The summed E-state index contributed by atoms with van der Waals surface area (Å²) in [5.41, 5.74) is 0.563. The lowest BCUT2D eigenvalue weighted by Gasteiger charge is -2.29. The maximum atomic E-state index is 13.2. The van der Waals surface area contributed by atoms with E-state index in [0.29, 0.717) is 16.9 Å². The van der Waals surface area contributed by atoms with Gasteiger partial charge in [0.25, 0.3) is 11.8 Å². The van der Waals surface area contributed by atoms with Crippen molar-refractivity contribution in [3.63, 3.8) is 0 Å². The number of urea groups is 1. The number of halogens is 1. The van der Waals surface area contributed by atoms with Crippen LogP contribution in [0.2, 0.25) is 0 Å². The minimum Gasteiger partial charge on any atom is -0.308 e. The van der Waals surface area contributed by atoms with Crippen LogP contribution in [0.1, 0.15) is 41.5 Å². The first-order valence-corrected chi connectivity index (χ1v) is 8.03. The zero-order valence-corrected chi connectivity index (χ0v) is 14.6. The van der Waals surface area contributed by atoms with E-state index in [1.54, 1.807) is 32.9 Å². The number of anilines is 2. The van der Waals surface area contributed by atoms with Crippen LogP contribution in [0.3, 0.4) is 0 Å². The molecule has 0 radical (unpaired) electrons. The molecule has 0 atom stereocenters. The largest absolute Gasteiger partial charge is 0.323 e. The molecule has 0 bridgehead atoms. The summed E-state index contributed by atoms with van der Waals surface area (Å²) in [5.74, 6) is -1.22. The van der Waals surface area contributed by atoms with Crippen molar-refractivity contribution in [3.8, 4) is 0 Å². The number of nitrogens with zero attached hydrogens (tertiary/aromatic N) is 1. The van der Waals surface area contributed by atoms with Gasteiger partial charge in [-0.05, 0) is 57.2 Å². The second-order valence-corrected chi connectivity index (χ2v) is 6.97. The number of hydrogen-bond acceptors (Lipinski definition) is 3. The normalized spacial score (nSPS) is 13.6. The van der Waals surface area contributed by atoms with Crippen LogP contribution >= 0.6 is 0 Å². The molecule has 0 spiro atoms. The predicted molar refractivity (Wildman–Crippen MR) is 95.7 cm³/mol. The maximum absolute atomic E-state index is 13.2. The number of rotatable bonds is 2. The fourth-order valence-corrected chi connectivity index (χ4v) is 2.79. The van der Waals surface area contributed by atoms with Crippen LogP contribution in [0.25, 0.3) is 0 Å². The molecule has 0 aliphatic carbocycles. The van der Waals surface area contributed by atoms with Crippen LogP contribution in [0, 0.1) is 5.82 Å². The van der Waals surface area contributed by atoms with E-state index in [4.69, 9.17) is 0 Å². The maximum Gasteiger partial charge on any atom is 0.323 e. The van der Waals surface area contributed by atoms with Crippen molar-refractivity contribution in [3.05, 3.63) is 59.4 Å². The molecule has 26 heavy (non-hydrogen) atoms. The molecule has 134 valence electrons. The molecule has 2 N–H and O–H groups in total. The Kier molecular flexibility index (Phi) is 4.23. The van der Waals surface area contributed by atoms with E-state index in [-0.39, 0.29) is 11.5 Å². The fourth-order valence-electron chi connectivity index (χ4n) is 2.79. The molecule has 1 heterocycles. The van der Waals surface area contributed by atoms with E-state index in [9.17, 15) is 18.8 Å². The number of carbonyl (C=O) groups is 3. The summed E-state index contributed by atoms with van der Waals surface area (Å²) in [4.78, 5) is 38.2. The summed E-state index contributed by atoms with van der Waals surface area (Å²) in [6.45, 7) is 5.33. The number of nitrogens with one attached hydrogen (secondary N) is 2. The van der Waals surface area contributed by atoms with Gasteiger partial charge in [0.1, 0.15) is 5.82 Å². The van der Waals surface area contributed by atoms with Crippen molar-refractivity contribution in [2.24, 2.45) is 0 Å². The third-order valence-electron chi connectivity index (χ3n) is 3.90. The van der Waals surface area contributed by atoms with Crippen LogP contribution in [-0.2, 0) is 0 Å². The first-order chi connectivity index (χ1) is 12.2. The van der Waals surface area contributed by atoms with Crippen LogP contribution in [0.5, 0.6) is 0 Å². The predicted octanol–water partition coefficient (Wildman–Crippen LogP) is 3.86. The van der Waals surface area contributed by atoms with Crippen molar-refractivity contribution in [2.45, 2.75) is 26.3 Å². The fraction of sp³-hybridized carbons (Fsp3) is 0.211. The van der Waals surface area contributed by atoms with E-state index in [1.165, 1.54) is 35.2 Å². The summed E-state index contributed by atoms with van der Waals surface area (Å²) in [5, 5.41) is 5.07. The van der Waals surface area contributed by atoms with Crippen molar-refractivity contribution < 1.29 is 18.8 Å². The summed E-state index contributed by atoms with van der Waals surface area (Å²) in [6, 6.07) is 9.42. The summed E-state index contributed by atoms with van der Waals surface area (Å²) >= 11 is 0. The molecule has 6 nitrogen and oxygen atoms in total. The zero-order valence-electron chi connectivity index (χ0n) is 14.6. The molecule has 1 aliphatic heterocycles. The van der Waals surface area contributed by atoms with Crippen molar-refractivity contribution in [1.82, 2.24) is 4.90 Å². The Bertz CT molecular complexity index is 918. The van der Waals surface area contributed by atoms with Crippen molar-refractivity contribution in [2.75, 3.05) is 10.6 Å². The minimum absolute atomic E-state index is 0.244. The summed E-state index contributed by atoms with van der Waals surface area (Å²) < 4.78 is 13.2. The van der Waals surface area contributed by atoms with Crippen LogP contribution in [0.15, 0.2) is 42.5 Å². The third kappa shape index (κ3) is 3.28. The van der Waals surface area contributed by atoms with Gasteiger partial charge in [-0.2, -0.15) is 0 Å². The molecule has 0 saturated carbocycles. The molecule has 7 heteroatoms. The summed E-state index contributed by atoms with van der Waals surface area (Å²) in [7, 11) is 0. The Morgan fingerprint density at radius 1 is 0.923 bits per heavy atom. The van der Waals surface area contributed by atoms with Crippen LogP contribution in [0.4, 0.5) is 20.6 Å². The van der Waals surface area contributed by atoms with E-state index in [1.807, 2.05) is 0 Å². The van der Waals surface area contributed by atoms with Gasteiger partial charge < -0.3 is 10.6 Å². The van der Waals surface area contributed by atoms with Gasteiger partial charge in [0.05, 0.1) is 11.1 Å². The molecule has 4 amide bonds. The average Bonchev–Trinajstić information content (AvgIpc) is 2.78. The number of hydrogen-bond donors (Lipinski definition) is 2. The van der Waals surface area contributed by atoms with Gasteiger partial charge in [-0.1, -0.05) is 6.07 Å². The van der Waals surface area contributed by atoms with Gasteiger partial charge >= 0.3 is 6.03 Å². The van der Waals surface area contributed by atoms with Crippen molar-refractivity contribution >= 4 is 29.2 Å². The Hall–Kier alpha value is -3.22. The highest BCUT2D eigenvalue weighted by Crippen LogP contribution is 2.30. The number of carbonyl (C=O) groups excluding carboxylic acids is 3. The van der Waals surface area contributed by atoms with Gasteiger partial charge in [-0.15, -0.1) is 0 Å². The minimum atomic E-state index is -0.643. The van der Waals surface area contributed by atoms with Gasteiger partial charge in [0.2, 0.25) is 0 Å². The molecule has 2 aromatic rings. The highest BCUT2D eigenvalue weighted by atomic mass is 19.1. The molecular weight excluding hydrogens is 337 g/mol. The Morgan fingerprint density at radius 3 is 2.15 bits per heavy atom. The quantitative estimate of drug-likeness (QED) is 0.803. The molecule has 2 aromatic carbocycles. The Morgan fingerprint density at radius 2 is 1.54 bits per heavy atom. The molecule has 3 rings (SSSR count). The SMILES string of the molecule is CC(C)(C)N1C(=O)c2ccc(NC(=O)Nc3cccc(F)c3)cc2C1=O. The number of imide groups is 1. The van der Waals surface area contributed by atoms with E-state index < -0.39 is 23.3 Å². The van der Waals surface area contributed by atoms with Crippen LogP contribution in [-0.4, -0.2) is 28.3 Å². The van der Waals surface area contributed by atoms with Gasteiger partial charge in [-0.3, -0.25) is 14.5 Å². The highest BCUT2D eigenvalue weighted by Gasteiger charge is 2.41. The van der Waals surface area contributed by atoms with E-state index in [2.05, 4.69) is 10.6 Å². The third-order valence-corrected chi connectivity index (χ3v) is 3.90. The van der Waals surface area contributed by atoms with Gasteiger partial charge in [-0.25, -0.2) is 9.18 Å². The first-order valence-electron chi connectivity index (χ1n) is 8.03. The monoisotopic (exact) mass is 355 g/mol. The molecule has 0 saturated heterocycles. The van der Waals surface area contributed by atoms with Gasteiger partial charge in [0, 0.05) is 16.9 Å². The molecule has 0 aromatic heterocycles. The lowest BCUT2D eigenvalue weighted by molar-refractivity contribution is 0.0507. The lowest BCUT2D eigenvalue weighted by Crippen LogP contribution is -2.45. The standard InChI is InChI=1S/C19H18FN3O3/c1-19(2,3)23-16(24)14-8-7-13(10-15(14)17(23)25)22-18(26)21-12-6-4-5-11(20)9-12/h4-10H,1-3H3,(H2,21,22,26). The molecule has 0 unspecified atom stereocenters. The summed E-state index contributed by atoms with van der Waals surface area (Å²) in [6.07, 6.45) is 0. The zero-order chi connectivity index (χ0) is 19.1. The van der Waals surface area contributed by atoms with E-state index >= 15 is 0 Å². The highest BCUT2D eigenvalue weighted by molar-refractivity contribution is 6.22.